The third-order valence-electron chi connectivity index (χ3n) is 8.27. The lowest BCUT2D eigenvalue weighted by molar-refractivity contribution is 0.669. The largest absolute Gasteiger partial charge is 0.456 e. The van der Waals surface area contributed by atoms with Crippen LogP contribution >= 0.6 is 0 Å². The molecule has 0 saturated heterocycles. The SMILES string of the molecule is [2H]c1c([2H])c([2H])c(-c2nc(-c3ccc4oc5cc(-c6c([2H])c([2H])c([2H])c7c([2H])c([2H])c([2H])c([2H])c67)c6ccccc6c5c4c3)nc(-c3c([2H])c([2H])c(-c4c([2H])c([2H])c([2H])c([2H])c4[2H])c([2H])c3[2H])n2)c([2H])c1[2H]. The van der Waals surface area contributed by atoms with E-state index in [0.29, 0.717) is 27.1 Å². The maximum absolute atomic E-state index is 9.15. The molecule has 0 saturated carbocycles. The zero-order valence-electron chi connectivity index (χ0n) is 46.9. The molecule has 0 aliphatic heterocycles. The molecule has 238 valence electrons. The van der Waals surface area contributed by atoms with Crippen molar-refractivity contribution in [1.82, 2.24) is 15.0 Å². The van der Waals surface area contributed by atoms with Gasteiger partial charge in [0.1, 0.15) is 11.2 Å². The van der Waals surface area contributed by atoms with E-state index in [-0.39, 0.29) is 38.9 Å². The molecule has 51 heavy (non-hydrogen) atoms. The summed E-state index contributed by atoms with van der Waals surface area (Å²) in [4.78, 5) is 13.5. The lowest BCUT2D eigenvalue weighted by Crippen LogP contribution is -2.00. The molecule has 10 aromatic rings. The fraction of sp³-hybridized carbons (Fsp3) is 0. The number of nitrogens with zero attached hydrogens (tertiary/aromatic N) is 3. The number of furan rings is 1. The summed E-state index contributed by atoms with van der Waals surface area (Å²) in [6.07, 6.45) is 0. The molecule has 0 radical (unpaired) electrons. The fourth-order valence-corrected chi connectivity index (χ4v) is 6.02. The first-order chi connectivity index (χ1) is 34.0. The number of aromatic nitrogens is 3. The van der Waals surface area contributed by atoms with Crippen molar-refractivity contribution in [1.29, 1.82) is 0 Å². The van der Waals surface area contributed by atoms with Crippen LogP contribution in [-0.4, -0.2) is 15.0 Å². The predicted octanol–water partition coefficient (Wildman–Crippen LogP) is 12.4. The van der Waals surface area contributed by atoms with Crippen molar-refractivity contribution in [3.63, 3.8) is 0 Å². The normalized spacial score (nSPS) is 17.3. The minimum Gasteiger partial charge on any atom is -0.456 e. The van der Waals surface area contributed by atoms with E-state index in [1.807, 2.05) is 0 Å². The Morgan fingerprint density at radius 1 is 0.392 bits per heavy atom. The van der Waals surface area contributed by atoms with E-state index in [1.165, 1.54) is 6.07 Å². The molecule has 0 fully saturated rings. The van der Waals surface area contributed by atoms with E-state index < -0.39 is 161 Å². The Morgan fingerprint density at radius 2 is 0.980 bits per heavy atom. The molecular formula is C47H29N3O. The molecule has 0 amide bonds. The molecule has 4 nitrogen and oxygen atoms in total. The van der Waals surface area contributed by atoms with Crippen molar-refractivity contribution in [3.8, 4) is 56.4 Å². The van der Waals surface area contributed by atoms with Gasteiger partial charge in [-0.05, 0) is 68.1 Å². The Labute approximate surface area is 323 Å². The monoisotopic (exact) mass is 672 g/mol. The molecule has 0 N–H and O–H groups in total. The first-order valence-corrected chi connectivity index (χ1v) is 15.4. The second-order valence-corrected chi connectivity index (χ2v) is 11.2. The highest BCUT2D eigenvalue weighted by Crippen LogP contribution is 2.42. The van der Waals surface area contributed by atoms with Gasteiger partial charge in [-0.3, -0.25) is 0 Å². The van der Waals surface area contributed by atoms with E-state index in [0.717, 1.165) is 0 Å². The van der Waals surface area contributed by atoms with Gasteiger partial charge in [0.05, 0.1) is 28.8 Å². The summed E-state index contributed by atoms with van der Waals surface area (Å²) in [6.45, 7) is 0. The summed E-state index contributed by atoms with van der Waals surface area (Å²) in [6, 6.07) is -1.36. The maximum Gasteiger partial charge on any atom is 0.164 e. The summed E-state index contributed by atoms with van der Waals surface area (Å²) in [5.41, 5.74) is -1.30. The third kappa shape index (κ3) is 5.04. The molecule has 10 rings (SSSR count). The Bertz CT molecular complexity index is 4040. The Kier molecular flexibility index (Phi) is 3.48. The van der Waals surface area contributed by atoms with Crippen LogP contribution < -0.4 is 0 Å². The molecule has 0 spiro atoms. The molecule has 0 aliphatic rings. The van der Waals surface area contributed by atoms with E-state index in [1.54, 1.807) is 42.5 Å². The van der Waals surface area contributed by atoms with E-state index >= 15 is 0 Å². The zero-order valence-corrected chi connectivity index (χ0v) is 25.9. The minimum atomic E-state index is -0.825. The van der Waals surface area contributed by atoms with Crippen LogP contribution in [-0.2, 0) is 0 Å². The van der Waals surface area contributed by atoms with Crippen molar-refractivity contribution < 1.29 is 33.2 Å². The van der Waals surface area contributed by atoms with E-state index in [2.05, 4.69) is 15.0 Å². The van der Waals surface area contributed by atoms with Gasteiger partial charge in [0.2, 0.25) is 0 Å². The molecule has 8 aromatic carbocycles. The van der Waals surface area contributed by atoms with Gasteiger partial charge < -0.3 is 4.42 Å². The van der Waals surface area contributed by atoms with E-state index in [4.69, 9.17) is 33.2 Å². The smallest absolute Gasteiger partial charge is 0.164 e. The second-order valence-electron chi connectivity index (χ2n) is 11.2. The number of hydrogen-bond donors (Lipinski definition) is 0. The van der Waals surface area contributed by atoms with Gasteiger partial charge in [-0.25, -0.2) is 15.0 Å². The van der Waals surface area contributed by atoms with Gasteiger partial charge in [0.25, 0.3) is 0 Å². The molecular weight excluding hydrogens is 623 g/mol. The molecule has 0 bridgehead atoms. The highest BCUT2D eigenvalue weighted by molar-refractivity contribution is 6.23. The summed E-state index contributed by atoms with van der Waals surface area (Å²) < 4.78 is 187. The Hall–Kier alpha value is -6.91. The van der Waals surface area contributed by atoms with Crippen LogP contribution in [0.3, 0.4) is 0 Å². The highest BCUT2D eigenvalue weighted by Gasteiger charge is 2.18. The quantitative estimate of drug-likeness (QED) is 0.183. The van der Waals surface area contributed by atoms with Crippen molar-refractivity contribution in [2.75, 3.05) is 0 Å². The molecule has 2 aromatic heterocycles. The lowest BCUT2D eigenvalue weighted by atomic mass is 9.92. The van der Waals surface area contributed by atoms with Gasteiger partial charge in [0, 0.05) is 27.5 Å². The average molecular weight is 673 g/mol. The van der Waals surface area contributed by atoms with Gasteiger partial charge in [0.15, 0.2) is 17.5 Å². The van der Waals surface area contributed by atoms with Crippen LogP contribution in [0.25, 0.3) is 99.9 Å². The Balaban J connectivity index is 1.25. The summed E-state index contributed by atoms with van der Waals surface area (Å²) in [5.74, 6) is -1.32. The van der Waals surface area contributed by atoms with Crippen molar-refractivity contribution >= 4 is 43.5 Å². The van der Waals surface area contributed by atoms with Crippen LogP contribution in [0.15, 0.2) is 180 Å². The van der Waals surface area contributed by atoms with Crippen LogP contribution in [0.1, 0.15) is 28.8 Å². The van der Waals surface area contributed by atoms with Crippen molar-refractivity contribution in [2.45, 2.75) is 0 Å². The first kappa shape index (κ1) is 14.9. The Morgan fingerprint density at radius 3 is 1.75 bits per heavy atom. The van der Waals surface area contributed by atoms with Gasteiger partial charge in [-0.15, -0.1) is 0 Å². The average Bonchev–Trinajstić information content (AvgIpc) is 3.75. The van der Waals surface area contributed by atoms with Gasteiger partial charge >= 0.3 is 0 Å². The lowest BCUT2D eigenvalue weighted by Gasteiger charge is -2.11. The predicted molar refractivity (Wildman–Crippen MR) is 209 cm³/mol. The highest BCUT2D eigenvalue weighted by atomic mass is 16.3. The minimum absolute atomic E-state index is 0.0225. The van der Waals surface area contributed by atoms with Gasteiger partial charge in [-0.2, -0.15) is 0 Å². The first-order valence-electron chi connectivity index (χ1n) is 25.9. The number of benzene rings is 8. The fourth-order valence-electron chi connectivity index (χ4n) is 6.02. The van der Waals surface area contributed by atoms with Crippen LogP contribution in [0.5, 0.6) is 0 Å². The third-order valence-corrected chi connectivity index (χ3v) is 8.27. The molecule has 4 heteroatoms. The topological polar surface area (TPSA) is 51.8 Å². The second kappa shape index (κ2) is 11.9. The van der Waals surface area contributed by atoms with Crippen molar-refractivity contribution in [3.05, 3.63) is 175 Å². The van der Waals surface area contributed by atoms with Crippen LogP contribution in [0.4, 0.5) is 0 Å². The molecule has 0 aliphatic carbocycles. The zero-order chi connectivity index (χ0) is 52.0. The van der Waals surface area contributed by atoms with Crippen molar-refractivity contribution in [2.24, 2.45) is 0 Å². The number of rotatable bonds is 5. The summed E-state index contributed by atoms with van der Waals surface area (Å²) in [7, 11) is 0. The molecule has 0 atom stereocenters. The molecule has 2 heterocycles. The molecule has 0 unspecified atom stereocenters. The van der Waals surface area contributed by atoms with Crippen LogP contribution in [0.2, 0.25) is 0 Å². The van der Waals surface area contributed by atoms with Gasteiger partial charge in [-0.1, -0.05) is 151 Å². The number of fused-ring (bicyclic) bond motifs is 6. The maximum atomic E-state index is 9.15. The number of hydrogen-bond acceptors (Lipinski definition) is 4. The summed E-state index contributed by atoms with van der Waals surface area (Å²) >= 11 is 0. The van der Waals surface area contributed by atoms with Crippen LogP contribution in [0, 0.1) is 0 Å². The summed E-state index contributed by atoms with van der Waals surface area (Å²) in [5, 5.41) is 1.57. The standard InChI is InChI=1S/C47H29N3O/c1-3-12-30(13-4-1)31-22-24-34(25-23-31)46-48-45(33-15-5-2-6-16-33)49-47(50-46)35-26-27-42-41(28-35)44-39-20-10-9-19-38(39)40(29-43(44)51-42)37-21-11-17-32-14-7-8-18-36(32)37/h1-29H/i1D,2D,3D,4D,5D,6D,7D,8D,11D,12D,13D,14D,15D,16D,17D,18D,21D,22D,23D,24D,25D. The van der Waals surface area contributed by atoms with E-state index in [9.17, 15) is 0 Å².